The zero-order valence-corrected chi connectivity index (χ0v) is 19.3. The molecule has 1 spiro atoms. The van der Waals surface area contributed by atoms with Crippen LogP contribution in [-0.4, -0.2) is 23.7 Å². The second kappa shape index (κ2) is 6.98. The highest BCUT2D eigenvalue weighted by atomic mass is 79.9. The van der Waals surface area contributed by atoms with Crippen LogP contribution < -0.4 is 14.8 Å². The van der Waals surface area contributed by atoms with E-state index in [-0.39, 0.29) is 11.9 Å². The number of carbonyl (C=O) groups is 1. The van der Waals surface area contributed by atoms with E-state index in [4.69, 9.17) is 26.2 Å². The van der Waals surface area contributed by atoms with Gasteiger partial charge < -0.3 is 14.8 Å². The van der Waals surface area contributed by atoms with Crippen molar-refractivity contribution in [2.24, 2.45) is 5.10 Å². The monoisotopic (exact) mass is 509 g/mol. The Morgan fingerprint density at radius 2 is 2.09 bits per heavy atom. The lowest BCUT2D eigenvalue weighted by Gasteiger charge is -2.44. The first kappa shape index (κ1) is 19.6. The summed E-state index contributed by atoms with van der Waals surface area (Å²) in [5.41, 5.74) is 2.70. The van der Waals surface area contributed by atoms with Crippen molar-refractivity contribution in [2.75, 3.05) is 12.4 Å². The fourth-order valence-electron chi connectivity index (χ4n) is 4.66. The molecule has 3 aromatic carbocycles. The second-order valence-electron chi connectivity index (χ2n) is 7.92. The Kier molecular flexibility index (Phi) is 4.29. The predicted molar refractivity (Wildman–Crippen MR) is 125 cm³/mol. The lowest BCUT2D eigenvalue weighted by molar-refractivity contribution is -0.161. The summed E-state index contributed by atoms with van der Waals surface area (Å²) in [6.45, 7) is 0. The van der Waals surface area contributed by atoms with Gasteiger partial charge in [0, 0.05) is 27.0 Å². The molecule has 3 heterocycles. The maximum Gasteiger partial charge on any atom is 0.306 e. The molecule has 0 radical (unpaired) electrons. The molecule has 0 bridgehead atoms. The van der Waals surface area contributed by atoms with Crippen molar-refractivity contribution in [3.8, 4) is 11.5 Å². The Hall–Kier alpha value is -3.03. The van der Waals surface area contributed by atoms with Gasteiger partial charge >= 0.3 is 5.72 Å². The number of hydrogen-bond acceptors (Lipinski definition) is 5. The van der Waals surface area contributed by atoms with Crippen molar-refractivity contribution < 1.29 is 14.3 Å². The van der Waals surface area contributed by atoms with Crippen molar-refractivity contribution in [1.29, 1.82) is 0 Å². The number of carbonyl (C=O) groups excluding carboxylic acids is 1. The van der Waals surface area contributed by atoms with Crippen LogP contribution in [0.5, 0.6) is 11.5 Å². The van der Waals surface area contributed by atoms with E-state index in [0.29, 0.717) is 22.9 Å². The Bertz CT molecular complexity index is 1330. The lowest BCUT2D eigenvalue weighted by Crippen LogP contribution is -2.55. The molecule has 32 heavy (non-hydrogen) atoms. The van der Waals surface area contributed by atoms with Gasteiger partial charge in [-0.05, 0) is 48.5 Å². The fourth-order valence-corrected chi connectivity index (χ4v) is 5.20. The third-order valence-electron chi connectivity index (χ3n) is 6.13. The van der Waals surface area contributed by atoms with E-state index in [9.17, 15) is 4.79 Å². The topological polar surface area (TPSA) is 63.2 Å². The average Bonchev–Trinajstić information content (AvgIpc) is 3.36. The molecular formula is C24H17BrClN3O3. The zero-order chi connectivity index (χ0) is 22.0. The molecule has 1 N–H and O–H groups in total. The molecule has 6 rings (SSSR count). The van der Waals surface area contributed by atoms with Crippen LogP contribution >= 0.6 is 27.5 Å². The molecule has 3 aliphatic heterocycles. The molecular weight excluding hydrogens is 494 g/mol. The number of anilines is 1. The lowest BCUT2D eigenvalue weighted by atomic mass is 9.92. The molecule has 0 fully saturated rings. The van der Waals surface area contributed by atoms with Crippen LogP contribution in [0.4, 0.5) is 5.69 Å². The molecule has 1 amide bonds. The molecule has 6 nitrogen and oxygen atoms in total. The van der Waals surface area contributed by atoms with Crippen molar-refractivity contribution in [3.05, 3.63) is 86.8 Å². The number of ether oxygens (including phenoxy) is 2. The Labute approximate surface area is 197 Å². The van der Waals surface area contributed by atoms with E-state index >= 15 is 0 Å². The first-order valence-electron chi connectivity index (χ1n) is 10.1. The van der Waals surface area contributed by atoms with Crippen LogP contribution in [0.15, 0.2) is 70.2 Å². The third-order valence-corrected chi connectivity index (χ3v) is 6.86. The van der Waals surface area contributed by atoms with Gasteiger partial charge in [-0.3, -0.25) is 4.79 Å². The number of nitrogens with zero attached hydrogens (tertiary/aromatic N) is 2. The number of hydrogen-bond donors (Lipinski definition) is 1. The van der Waals surface area contributed by atoms with E-state index in [0.717, 1.165) is 32.6 Å². The number of fused-ring (bicyclic) bond motifs is 6. The summed E-state index contributed by atoms with van der Waals surface area (Å²) < 4.78 is 12.7. The maximum atomic E-state index is 13.5. The summed E-state index contributed by atoms with van der Waals surface area (Å²) in [6, 6.07) is 18.7. The fraction of sp³-hybridized carbons (Fsp3) is 0.167. The maximum absolute atomic E-state index is 13.5. The number of rotatable bonds is 2. The number of halogens is 2. The SMILES string of the molecule is COc1cccc(C2=NN3[C@H](C2)c2cc(Cl)ccc2O[C@]32C(=O)Nc3ccc(Br)cc32)c1. The van der Waals surface area contributed by atoms with Crippen molar-refractivity contribution in [1.82, 2.24) is 5.01 Å². The number of benzene rings is 3. The smallest absolute Gasteiger partial charge is 0.306 e. The van der Waals surface area contributed by atoms with E-state index < -0.39 is 5.72 Å². The number of amides is 1. The minimum atomic E-state index is -1.41. The number of methoxy groups -OCH3 is 1. The van der Waals surface area contributed by atoms with E-state index in [1.165, 1.54) is 0 Å². The molecule has 0 saturated carbocycles. The summed E-state index contributed by atoms with van der Waals surface area (Å²) in [4.78, 5) is 13.5. The molecule has 0 unspecified atom stereocenters. The highest BCUT2D eigenvalue weighted by Gasteiger charge is 2.61. The standard InChI is InChI=1S/C24H17BrClN3O3/c1-31-16-4-2-3-13(9-16)20-12-21-17-11-15(26)6-8-22(17)32-24(29(21)28-20)18-10-14(25)5-7-19(18)27-23(24)30/h2-11,21H,12H2,1H3,(H,27,30)/t21-,24-/m1/s1. The minimum Gasteiger partial charge on any atom is -0.497 e. The third kappa shape index (κ3) is 2.71. The normalized spacial score (nSPS) is 22.6. The van der Waals surface area contributed by atoms with Gasteiger partial charge in [-0.15, -0.1) is 0 Å². The van der Waals surface area contributed by atoms with Gasteiger partial charge in [0.15, 0.2) is 0 Å². The highest BCUT2D eigenvalue weighted by molar-refractivity contribution is 9.10. The van der Waals surface area contributed by atoms with Gasteiger partial charge in [-0.25, -0.2) is 5.01 Å². The Balaban J connectivity index is 1.57. The summed E-state index contributed by atoms with van der Waals surface area (Å²) in [7, 11) is 1.64. The van der Waals surface area contributed by atoms with Crippen LogP contribution in [0.3, 0.4) is 0 Å². The molecule has 0 aliphatic carbocycles. The first-order valence-corrected chi connectivity index (χ1v) is 11.3. The van der Waals surface area contributed by atoms with E-state index in [2.05, 4.69) is 21.2 Å². The molecule has 3 aliphatic rings. The van der Waals surface area contributed by atoms with Crippen LogP contribution in [0.2, 0.25) is 5.02 Å². The van der Waals surface area contributed by atoms with Gasteiger partial charge in [0.25, 0.3) is 5.91 Å². The minimum absolute atomic E-state index is 0.214. The van der Waals surface area contributed by atoms with Gasteiger partial charge in [0.05, 0.1) is 30.1 Å². The van der Waals surface area contributed by atoms with Crippen LogP contribution in [0.25, 0.3) is 0 Å². The van der Waals surface area contributed by atoms with Gasteiger partial charge in [-0.2, -0.15) is 5.10 Å². The van der Waals surface area contributed by atoms with Crippen LogP contribution in [0, 0.1) is 0 Å². The van der Waals surface area contributed by atoms with E-state index in [1.807, 2.05) is 54.6 Å². The largest absolute Gasteiger partial charge is 0.497 e. The molecule has 3 aromatic rings. The number of hydrazone groups is 1. The molecule has 8 heteroatoms. The Morgan fingerprint density at radius 3 is 2.94 bits per heavy atom. The second-order valence-corrected chi connectivity index (χ2v) is 9.27. The van der Waals surface area contributed by atoms with Crippen molar-refractivity contribution in [2.45, 2.75) is 18.2 Å². The van der Waals surface area contributed by atoms with Crippen molar-refractivity contribution in [3.63, 3.8) is 0 Å². The number of nitrogens with one attached hydrogen (secondary N) is 1. The van der Waals surface area contributed by atoms with Crippen molar-refractivity contribution >= 4 is 44.8 Å². The first-order chi connectivity index (χ1) is 15.5. The van der Waals surface area contributed by atoms with Gasteiger partial charge in [0.1, 0.15) is 11.5 Å². The quantitative estimate of drug-likeness (QED) is 0.497. The van der Waals surface area contributed by atoms with Gasteiger partial charge in [0.2, 0.25) is 0 Å². The van der Waals surface area contributed by atoms with Crippen LogP contribution in [-0.2, 0) is 10.5 Å². The predicted octanol–water partition coefficient (Wildman–Crippen LogP) is 5.46. The molecule has 2 atom stereocenters. The summed E-state index contributed by atoms with van der Waals surface area (Å²) >= 11 is 9.86. The van der Waals surface area contributed by atoms with Crippen LogP contribution in [0.1, 0.15) is 29.2 Å². The molecule has 0 saturated heterocycles. The van der Waals surface area contributed by atoms with Gasteiger partial charge in [-0.1, -0.05) is 39.7 Å². The zero-order valence-electron chi connectivity index (χ0n) is 16.9. The average molecular weight is 511 g/mol. The molecule has 160 valence electrons. The highest BCUT2D eigenvalue weighted by Crippen LogP contribution is 2.54. The summed E-state index contributed by atoms with van der Waals surface area (Å²) in [6.07, 6.45) is 0.599. The van der Waals surface area contributed by atoms with E-state index in [1.54, 1.807) is 18.2 Å². The molecule has 0 aromatic heterocycles. The Morgan fingerprint density at radius 1 is 1.22 bits per heavy atom. The summed E-state index contributed by atoms with van der Waals surface area (Å²) in [5, 5.41) is 10.3. The summed E-state index contributed by atoms with van der Waals surface area (Å²) in [5.74, 6) is 1.10.